The summed E-state index contributed by atoms with van der Waals surface area (Å²) in [5, 5.41) is 23.8. The number of piperidine rings is 1. The van der Waals surface area contributed by atoms with E-state index in [9.17, 15) is 24.8 Å². The number of rotatable bonds is 4. The molecule has 156 valence electrons. The summed E-state index contributed by atoms with van der Waals surface area (Å²) in [5.41, 5.74) is 1.91. The zero-order valence-electron chi connectivity index (χ0n) is 16.5. The Labute approximate surface area is 168 Å². The van der Waals surface area contributed by atoms with Crippen LogP contribution in [0.3, 0.4) is 0 Å². The monoisotopic (exact) mass is 402 g/mol. The molecule has 1 aliphatic carbocycles. The lowest BCUT2D eigenvalue weighted by atomic mass is 9.82. The summed E-state index contributed by atoms with van der Waals surface area (Å²) < 4.78 is 0. The van der Waals surface area contributed by atoms with E-state index in [2.05, 4.69) is 10.2 Å². The fourth-order valence-electron chi connectivity index (χ4n) is 4.64. The fraction of sp³-hybridized carbons (Fsp3) is 0.600. The fourth-order valence-corrected chi connectivity index (χ4v) is 4.64. The highest BCUT2D eigenvalue weighted by molar-refractivity contribution is 5.88. The van der Waals surface area contributed by atoms with E-state index in [0.29, 0.717) is 32.6 Å². The van der Waals surface area contributed by atoms with Crippen LogP contribution < -0.4 is 10.2 Å². The molecule has 3 fully saturated rings. The van der Waals surface area contributed by atoms with E-state index in [0.717, 1.165) is 30.6 Å². The minimum atomic E-state index is -0.901. The number of hydrogen-bond acceptors (Lipinski definition) is 6. The van der Waals surface area contributed by atoms with E-state index < -0.39 is 22.9 Å². The van der Waals surface area contributed by atoms with Gasteiger partial charge in [-0.1, -0.05) is 0 Å². The van der Waals surface area contributed by atoms with Gasteiger partial charge in [0.05, 0.1) is 10.8 Å². The number of benzene rings is 1. The van der Waals surface area contributed by atoms with Gasteiger partial charge >= 0.3 is 5.97 Å². The van der Waals surface area contributed by atoms with Gasteiger partial charge < -0.3 is 20.2 Å². The lowest BCUT2D eigenvalue weighted by molar-refractivity contribution is -0.384. The van der Waals surface area contributed by atoms with Gasteiger partial charge in [0.1, 0.15) is 6.04 Å². The molecule has 1 aromatic rings. The van der Waals surface area contributed by atoms with Gasteiger partial charge in [-0.05, 0) is 43.2 Å². The van der Waals surface area contributed by atoms with E-state index in [-0.39, 0.29) is 17.0 Å². The topological polar surface area (TPSA) is 116 Å². The van der Waals surface area contributed by atoms with Crippen molar-refractivity contribution in [2.24, 2.45) is 11.3 Å². The lowest BCUT2D eigenvalue weighted by Gasteiger charge is -2.41. The van der Waals surface area contributed by atoms with E-state index in [1.165, 1.54) is 6.07 Å². The van der Waals surface area contributed by atoms with Crippen LogP contribution in [0.25, 0.3) is 0 Å². The maximum Gasteiger partial charge on any atom is 0.308 e. The Kier molecular flexibility index (Phi) is 4.94. The highest BCUT2D eigenvalue weighted by atomic mass is 16.6. The number of non-ortho nitro benzene ring substituents is 1. The molecular formula is C20H26N4O5. The minimum Gasteiger partial charge on any atom is -0.481 e. The van der Waals surface area contributed by atoms with Crippen LogP contribution in [0.2, 0.25) is 0 Å². The quantitative estimate of drug-likeness (QED) is 0.577. The Balaban J connectivity index is 1.39. The Morgan fingerprint density at radius 2 is 1.93 bits per heavy atom. The number of anilines is 1. The zero-order chi connectivity index (χ0) is 20.8. The van der Waals surface area contributed by atoms with Crippen molar-refractivity contribution in [1.82, 2.24) is 10.2 Å². The first-order valence-corrected chi connectivity index (χ1v) is 10.0. The van der Waals surface area contributed by atoms with Crippen molar-refractivity contribution in [3.63, 3.8) is 0 Å². The van der Waals surface area contributed by atoms with Crippen LogP contribution in [0.1, 0.15) is 24.8 Å². The van der Waals surface area contributed by atoms with Gasteiger partial charge in [-0.25, -0.2) is 0 Å². The van der Waals surface area contributed by atoms with Crippen LogP contribution in [-0.4, -0.2) is 65.6 Å². The second-order valence-electron chi connectivity index (χ2n) is 8.55. The third kappa shape index (κ3) is 3.78. The minimum absolute atomic E-state index is 0.0663. The van der Waals surface area contributed by atoms with E-state index in [4.69, 9.17) is 0 Å². The number of nitrogens with zero attached hydrogens (tertiary/aromatic N) is 3. The summed E-state index contributed by atoms with van der Waals surface area (Å²) in [6, 6.07) is 4.15. The first-order valence-electron chi connectivity index (χ1n) is 10.0. The van der Waals surface area contributed by atoms with Gasteiger partial charge in [0.25, 0.3) is 5.69 Å². The van der Waals surface area contributed by atoms with Gasteiger partial charge in [0, 0.05) is 50.5 Å². The molecule has 3 aliphatic rings. The average molecular weight is 402 g/mol. The van der Waals surface area contributed by atoms with E-state index in [1.807, 2.05) is 6.92 Å². The van der Waals surface area contributed by atoms with Crippen molar-refractivity contribution in [1.29, 1.82) is 0 Å². The van der Waals surface area contributed by atoms with Crippen LogP contribution in [0.4, 0.5) is 11.4 Å². The standard InChI is InChI=1S/C20H26N4O5/c1-13-10-14(24(28)29)2-3-16(13)22-6-8-23(9-7-22)18(25)17-15(19(26)27)11-20(4-5-20)12-21-17/h2-3,10,15,17,21H,4-9,11-12H2,1H3,(H,26,27). The summed E-state index contributed by atoms with van der Waals surface area (Å²) in [5.74, 6) is -1.70. The molecule has 2 saturated heterocycles. The number of carbonyl (C=O) groups is 2. The summed E-state index contributed by atoms with van der Waals surface area (Å²) in [7, 11) is 0. The van der Waals surface area contributed by atoms with Crippen molar-refractivity contribution in [3.05, 3.63) is 33.9 Å². The number of aliphatic carboxylic acids is 1. The average Bonchev–Trinajstić information content (AvgIpc) is 3.46. The predicted molar refractivity (Wildman–Crippen MR) is 106 cm³/mol. The molecule has 0 bridgehead atoms. The Hall–Kier alpha value is -2.68. The molecule has 9 nitrogen and oxygen atoms in total. The van der Waals surface area contributed by atoms with Crippen molar-refractivity contribution < 1.29 is 19.6 Å². The molecule has 4 rings (SSSR count). The van der Waals surface area contributed by atoms with Crippen molar-refractivity contribution in [3.8, 4) is 0 Å². The molecule has 29 heavy (non-hydrogen) atoms. The molecule has 2 unspecified atom stereocenters. The van der Waals surface area contributed by atoms with Crippen molar-refractivity contribution >= 4 is 23.3 Å². The molecule has 1 saturated carbocycles. The molecule has 9 heteroatoms. The van der Waals surface area contributed by atoms with Gasteiger partial charge in [-0.3, -0.25) is 19.7 Å². The second kappa shape index (κ2) is 7.29. The number of aryl methyl sites for hydroxylation is 1. The summed E-state index contributed by atoms with van der Waals surface area (Å²) in [4.78, 5) is 39.2. The Morgan fingerprint density at radius 3 is 2.48 bits per heavy atom. The normalized spacial score (nSPS) is 25.7. The summed E-state index contributed by atoms with van der Waals surface area (Å²) in [6.45, 7) is 4.79. The number of hydrogen-bond donors (Lipinski definition) is 2. The van der Waals surface area contributed by atoms with Crippen molar-refractivity contribution in [2.45, 2.75) is 32.2 Å². The van der Waals surface area contributed by atoms with E-state index >= 15 is 0 Å². The molecule has 2 heterocycles. The largest absolute Gasteiger partial charge is 0.481 e. The van der Waals surface area contributed by atoms with Gasteiger partial charge in [-0.2, -0.15) is 0 Å². The third-order valence-corrected chi connectivity index (χ3v) is 6.62. The first-order chi connectivity index (χ1) is 13.8. The second-order valence-corrected chi connectivity index (χ2v) is 8.55. The van der Waals surface area contributed by atoms with Gasteiger partial charge in [-0.15, -0.1) is 0 Å². The van der Waals surface area contributed by atoms with Crippen LogP contribution in [0.15, 0.2) is 18.2 Å². The van der Waals surface area contributed by atoms with Gasteiger partial charge in [0.2, 0.25) is 5.91 Å². The SMILES string of the molecule is Cc1cc([N+](=O)[O-])ccc1N1CCN(C(=O)C2NCC3(CC3)CC2C(=O)O)CC1. The van der Waals surface area contributed by atoms with Crippen molar-refractivity contribution in [2.75, 3.05) is 37.6 Å². The maximum atomic E-state index is 13.0. The molecule has 2 N–H and O–H groups in total. The molecule has 0 aromatic heterocycles. The lowest BCUT2D eigenvalue weighted by Crippen LogP contribution is -2.60. The number of carboxylic acids is 1. The van der Waals surface area contributed by atoms with Crippen LogP contribution in [-0.2, 0) is 9.59 Å². The van der Waals surface area contributed by atoms with Crippen LogP contribution in [0.5, 0.6) is 0 Å². The third-order valence-electron chi connectivity index (χ3n) is 6.62. The molecule has 2 atom stereocenters. The highest BCUT2D eigenvalue weighted by Gasteiger charge is 2.52. The van der Waals surface area contributed by atoms with Crippen LogP contribution in [0, 0.1) is 28.4 Å². The smallest absolute Gasteiger partial charge is 0.308 e. The maximum absolute atomic E-state index is 13.0. The Morgan fingerprint density at radius 1 is 1.24 bits per heavy atom. The zero-order valence-corrected chi connectivity index (χ0v) is 16.5. The number of nitrogens with one attached hydrogen (secondary N) is 1. The molecular weight excluding hydrogens is 376 g/mol. The highest BCUT2D eigenvalue weighted by Crippen LogP contribution is 2.52. The molecule has 1 spiro atoms. The first kappa shape index (κ1) is 19.6. The number of piperazine rings is 1. The van der Waals surface area contributed by atoms with E-state index in [1.54, 1.807) is 17.0 Å². The molecule has 2 aliphatic heterocycles. The molecule has 1 aromatic carbocycles. The molecule has 1 amide bonds. The number of carbonyl (C=O) groups excluding carboxylic acids is 1. The number of nitro benzene ring substituents is 1. The number of amides is 1. The summed E-state index contributed by atoms with van der Waals surface area (Å²) >= 11 is 0. The predicted octanol–water partition coefficient (Wildman–Crippen LogP) is 1.39. The Bertz CT molecular complexity index is 845. The van der Waals surface area contributed by atoms with Crippen LogP contribution >= 0.6 is 0 Å². The van der Waals surface area contributed by atoms with Gasteiger partial charge in [0.15, 0.2) is 0 Å². The molecule has 0 radical (unpaired) electrons. The number of nitro groups is 1. The number of carboxylic acid groups (broad SMARTS) is 1. The summed E-state index contributed by atoms with van der Waals surface area (Å²) in [6.07, 6.45) is 2.66.